The molecule has 0 saturated heterocycles. The predicted octanol–water partition coefficient (Wildman–Crippen LogP) is 1.31. The molecule has 0 bridgehead atoms. The number of likely N-dealkylation sites (N-methyl/N-ethyl adjacent to an activating group) is 1. The van der Waals surface area contributed by atoms with Gasteiger partial charge in [0.2, 0.25) is 0 Å². The highest BCUT2D eigenvalue weighted by atomic mass is 16.6. The number of rotatable bonds is 8. The molecule has 9 nitrogen and oxygen atoms in total. The first-order valence-electron chi connectivity index (χ1n) is 9.01. The van der Waals surface area contributed by atoms with Gasteiger partial charge in [-0.15, -0.1) is 0 Å². The number of hydrogen-bond acceptors (Lipinski definition) is 5. The fraction of sp³-hybridized carbons (Fsp3) is 0.300. The molecule has 0 spiro atoms. The molecule has 0 saturated carbocycles. The van der Waals surface area contributed by atoms with E-state index in [1.54, 1.807) is 44.3 Å². The van der Waals surface area contributed by atoms with Gasteiger partial charge in [-0.25, -0.2) is 0 Å². The van der Waals surface area contributed by atoms with Crippen LogP contribution in [0, 0.1) is 24.0 Å². The largest absolute Gasteiger partial charge is 0.497 e. The number of aryl methyl sites for hydroxylation is 1. The number of hydrogen-bond donors (Lipinski definition) is 3. The van der Waals surface area contributed by atoms with Crippen LogP contribution in [0.3, 0.4) is 0 Å². The zero-order valence-corrected chi connectivity index (χ0v) is 16.9. The van der Waals surface area contributed by atoms with Gasteiger partial charge in [0.1, 0.15) is 11.4 Å². The third-order valence-corrected chi connectivity index (χ3v) is 4.45. The lowest BCUT2D eigenvalue weighted by atomic mass is 10.1. The number of carbonyl (C=O) groups is 2. The lowest BCUT2D eigenvalue weighted by molar-refractivity contribution is -0.862. The lowest BCUT2D eigenvalue weighted by Gasteiger charge is -2.15. The SMILES string of the molecule is COc1cccc(NC(=O)C[NH+](C)CC(=O)Nc2c([N+](=O)[O-])ccc(C)c2C)c1. The molecule has 0 aromatic heterocycles. The molecule has 29 heavy (non-hydrogen) atoms. The maximum Gasteiger partial charge on any atom is 0.293 e. The van der Waals surface area contributed by atoms with Gasteiger partial charge in [-0.2, -0.15) is 0 Å². The van der Waals surface area contributed by atoms with Crippen LogP contribution in [0.25, 0.3) is 0 Å². The first-order valence-corrected chi connectivity index (χ1v) is 9.01. The highest BCUT2D eigenvalue weighted by Gasteiger charge is 2.21. The summed E-state index contributed by atoms with van der Waals surface area (Å²) in [6.45, 7) is 3.57. The van der Waals surface area contributed by atoms with E-state index in [0.717, 1.165) is 5.56 Å². The van der Waals surface area contributed by atoms with Gasteiger partial charge < -0.3 is 20.3 Å². The van der Waals surface area contributed by atoms with Crippen molar-refractivity contribution in [2.75, 3.05) is 37.9 Å². The summed E-state index contributed by atoms with van der Waals surface area (Å²) in [7, 11) is 3.24. The zero-order valence-electron chi connectivity index (χ0n) is 16.9. The van der Waals surface area contributed by atoms with Crippen molar-refractivity contribution in [1.29, 1.82) is 0 Å². The molecule has 154 valence electrons. The van der Waals surface area contributed by atoms with Gasteiger partial charge in [-0.3, -0.25) is 19.7 Å². The second kappa shape index (κ2) is 9.65. The maximum atomic E-state index is 12.4. The fourth-order valence-electron chi connectivity index (χ4n) is 2.81. The van der Waals surface area contributed by atoms with Crippen molar-refractivity contribution in [3.05, 3.63) is 57.6 Å². The number of anilines is 2. The number of nitro benzene ring substituents is 1. The second-order valence-corrected chi connectivity index (χ2v) is 6.80. The Labute approximate surface area is 168 Å². The van der Waals surface area contributed by atoms with Crippen molar-refractivity contribution < 1.29 is 24.1 Å². The Hall–Kier alpha value is -3.46. The normalized spacial score (nSPS) is 11.4. The Kier molecular flexibility index (Phi) is 7.27. The van der Waals surface area contributed by atoms with Crippen LogP contribution in [0.2, 0.25) is 0 Å². The number of ether oxygens (including phenoxy) is 1. The van der Waals surface area contributed by atoms with E-state index in [1.165, 1.54) is 13.2 Å². The van der Waals surface area contributed by atoms with Gasteiger partial charge in [-0.1, -0.05) is 12.1 Å². The summed E-state index contributed by atoms with van der Waals surface area (Å²) in [5.74, 6) is -0.0484. The minimum absolute atomic E-state index is 0.0178. The summed E-state index contributed by atoms with van der Waals surface area (Å²) in [4.78, 5) is 35.9. The maximum absolute atomic E-state index is 12.4. The van der Waals surface area contributed by atoms with Crippen molar-refractivity contribution in [2.45, 2.75) is 13.8 Å². The van der Waals surface area contributed by atoms with Crippen LogP contribution in [0.4, 0.5) is 17.1 Å². The highest BCUT2D eigenvalue weighted by molar-refractivity contribution is 5.95. The van der Waals surface area contributed by atoms with E-state index >= 15 is 0 Å². The predicted molar refractivity (Wildman–Crippen MR) is 109 cm³/mol. The standard InChI is InChI=1S/C20H24N4O5/c1-13-8-9-17(24(27)28)20(14(13)2)22-19(26)12-23(3)11-18(25)21-15-6-5-7-16(10-15)29-4/h5-10H,11-12H2,1-4H3,(H,21,25)(H,22,26)/p+1. The number of quaternary nitrogens is 1. The zero-order chi connectivity index (χ0) is 21.6. The fourth-order valence-corrected chi connectivity index (χ4v) is 2.81. The monoisotopic (exact) mass is 401 g/mol. The average Bonchev–Trinajstić information content (AvgIpc) is 2.65. The summed E-state index contributed by atoms with van der Waals surface area (Å²) >= 11 is 0. The first-order chi connectivity index (χ1) is 13.7. The van der Waals surface area contributed by atoms with Crippen LogP contribution >= 0.6 is 0 Å². The third-order valence-electron chi connectivity index (χ3n) is 4.45. The molecule has 3 N–H and O–H groups in total. The Bertz CT molecular complexity index is 929. The molecule has 0 aliphatic rings. The van der Waals surface area contributed by atoms with Crippen LogP contribution in [0.5, 0.6) is 5.75 Å². The molecule has 2 aromatic carbocycles. The number of nitrogens with zero attached hydrogens (tertiary/aromatic N) is 1. The van der Waals surface area contributed by atoms with E-state index in [0.29, 0.717) is 21.9 Å². The molecule has 1 unspecified atom stereocenters. The van der Waals surface area contributed by atoms with Gasteiger partial charge in [0.15, 0.2) is 13.1 Å². The highest BCUT2D eigenvalue weighted by Crippen LogP contribution is 2.29. The van der Waals surface area contributed by atoms with E-state index in [4.69, 9.17) is 4.74 Å². The summed E-state index contributed by atoms with van der Waals surface area (Å²) in [5, 5.41) is 16.6. The molecular weight excluding hydrogens is 376 g/mol. The van der Waals surface area contributed by atoms with Gasteiger partial charge in [0, 0.05) is 17.8 Å². The molecule has 0 radical (unpaired) electrons. The van der Waals surface area contributed by atoms with E-state index in [1.807, 2.05) is 6.92 Å². The van der Waals surface area contributed by atoms with Crippen LogP contribution in [-0.2, 0) is 9.59 Å². The molecule has 0 aliphatic carbocycles. The van der Waals surface area contributed by atoms with Crippen LogP contribution < -0.4 is 20.3 Å². The number of methoxy groups -OCH3 is 1. The Balaban J connectivity index is 1.96. The molecule has 0 heterocycles. The van der Waals surface area contributed by atoms with Crippen molar-refractivity contribution in [1.82, 2.24) is 0 Å². The molecular formula is C20H25N4O5+. The van der Waals surface area contributed by atoms with Crippen molar-refractivity contribution in [2.24, 2.45) is 0 Å². The number of nitrogens with one attached hydrogen (secondary N) is 3. The lowest BCUT2D eigenvalue weighted by Crippen LogP contribution is -3.11. The summed E-state index contributed by atoms with van der Waals surface area (Å²) in [6.07, 6.45) is 0. The van der Waals surface area contributed by atoms with Gasteiger partial charge in [0.25, 0.3) is 17.5 Å². The number of nitro groups is 1. The van der Waals surface area contributed by atoms with Crippen molar-refractivity contribution >= 4 is 28.9 Å². The number of benzene rings is 2. The van der Waals surface area contributed by atoms with E-state index < -0.39 is 10.8 Å². The Morgan fingerprint density at radius 3 is 2.38 bits per heavy atom. The molecule has 2 amide bonds. The molecule has 1 atom stereocenters. The van der Waals surface area contributed by atoms with Crippen molar-refractivity contribution in [3.8, 4) is 5.75 Å². The smallest absolute Gasteiger partial charge is 0.293 e. The Morgan fingerprint density at radius 2 is 1.76 bits per heavy atom. The van der Waals surface area contributed by atoms with Crippen LogP contribution in [-0.4, -0.2) is 44.0 Å². The second-order valence-electron chi connectivity index (χ2n) is 6.80. The van der Waals surface area contributed by atoms with Crippen LogP contribution in [0.1, 0.15) is 11.1 Å². The van der Waals surface area contributed by atoms with Crippen molar-refractivity contribution in [3.63, 3.8) is 0 Å². The first kappa shape index (κ1) is 21.8. The van der Waals surface area contributed by atoms with Gasteiger partial charge in [-0.05, 0) is 37.1 Å². The topological polar surface area (TPSA) is 115 Å². The molecule has 0 aliphatic heterocycles. The average molecular weight is 401 g/mol. The summed E-state index contributed by atoms with van der Waals surface area (Å²) in [6, 6.07) is 9.97. The molecule has 2 rings (SSSR count). The van der Waals surface area contributed by atoms with Crippen LogP contribution in [0.15, 0.2) is 36.4 Å². The number of carbonyl (C=O) groups excluding carboxylic acids is 2. The summed E-state index contributed by atoms with van der Waals surface area (Å²) < 4.78 is 5.11. The molecule has 9 heteroatoms. The number of amides is 2. The Morgan fingerprint density at radius 1 is 1.10 bits per heavy atom. The van der Waals surface area contributed by atoms with E-state index in [-0.39, 0.29) is 30.4 Å². The molecule has 2 aromatic rings. The minimum atomic E-state index is -0.528. The quantitative estimate of drug-likeness (QED) is 0.456. The minimum Gasteiger partial charge on any atom is -0.497 e. The summed E-state index contributed by atoms with van der Waals surface area (Å²) in [5.41, 5.74) is 2.10. The molecule has 0 fully saturated rings. The van der Waals surface area contributed by atoms with E-state index in [2.05, 4.69) is 10.6 Å². The van der Waals surface area contributed by atoms with Gasteiger partial charge in [0.05, 0.1) is 19.1 Å². The van der Waals surface area contributed by atoms with E-state index in [9.17, 15) is 19.7 Å². The van der Waals surface area contributed by atoms with Gasteiger partial charge >= 0.3 is 0 Å². The third kappa shape index (κ3) is 6.01.